The first-order chi connectivity index (χ1) is 8.95. The van der Waals surface area contributed by atoms with Crippen molar-refractivity contribution in [2.24, 2.45) is 0 Å². The molecule has 0 saturated carbocycles. The molecule has 1 aromatic rings. The van der Waals surface area contributed by atoms with Crippen molar-refractivity contribution in [3.63, 3.8) is 0 Å². The molecule has 0 fully saturated rings. The van der Waals surface area contributed by atoms with Crippen molar-refractivity contribution in [1.29, 1.82) is 0 Å². The Hall–Kier alpha value is -1.28. The third-order valence-corrected chi connectivity index (χ3v) is 3.82. The number of ether oxygens (including phenoxy) is 1. The smallest absolute Gasteiger partial charge is 0.134 e. The quantitative estimate of drug-likeness (QED) is 0.582. The molecule has 0 amide bonds. The molecule has 0 unspecified atom stereocenters. The Bertz CT molecular complexity index is 562. The van der Waals surface area contributed by atoms with Crippen LogP contribution in [0.1, 0.15) is 26.3 Å². The van der Waals surface area contributed by atoms with Gasteiger partial charge < -0.3 is 4.74 Å². The molecule has 0 radical (unpaired) electrons. The Morgan fingerprint density at radius 1 is 0.895 bits per heavy atom. The molecular formula is C17H19BrO. The molecule has 0 N–H and O–H groups in total. The SMILES string of the molecule is CC(C)(C)c1ccccc1Br.COc1c2cccc1-2. The molecule has 2 aliphatic carbocycles. The van der Waals surface area contributed by atoms with Gasteiger partial charge in [0, 0.05) is 15.6 Å². The Balaban J connectivity index is 0.000000146. The van der Waals surface area contributed by atoms with Gasteiger partial charge in [0.1, 0.15) is 5.75 Å². The van der Waals surface area contributed by atoms with Gasteiger partial charge in [-0.2, -0.15) is 0 Å². The number of fused-ring (bicyclic) bond motifs is 1. The van der Waals surface area contributed by atoms with Gasteiger partial charge in [-0.1, -0.05) is 73.1 Å². The van der Waals surface area contributed by atoms with Crippen LogP contribution in [-0.2, 0) is 5.41 Å². The van der Waals surface area contributed by atoms with E-state index in [1.54, 1.807) is 7.11 Å². The van der Waals surface area contributed by atoms with Crippen LogP contribution in [0, 0.1) is 0 Å². The zero-order valence-electron chi connectivity index (χ0n) is 11.8. The van der Waals surface area contributed by atoms with Crippen LogP contribution in [0.15, 0.2) is 46.9 Å². The van der Waals surface area contributed by atoms with Gasteiger partial charge in [0.05, 0.1) is 7.11 Å². The molecule has 0 bridgehead atoms. The molecule has 1 nitrogen and oxygen atoms in total. The van der Waals surface area contributed by atoms with Crippen molar-refractivity contribution < 1.29 is 4.74 Å². The van der Waals surface area contributed by atoms with Gasteiger partial charge in [-0.25, -0.2) is 0 Å². The predicted molar refractivity (Wildman–Crippen MR) is 84.8 cm³/mol. The summed E-state index contributed by atoms with van der Waals surface area (Å²) in [5.74, 6) is 1.08. The van der Waals surface area contributed by atoms with Crippen LogP contribution in [0.5, 0.6) is 5.75 Å². The van der Waals surface area contributed by atoms with Crippen LogP contribution >= 0.6 is 15.9 Å². The van der Waals surface area contributed by atoms with E-state index in [2.05, 4.69) is 67.0 Å². The van der Waals surface area contributed by atoms with Crippen molar-refractivity contribution >= 4 is 15.9 Å². The van der Waals surface area contributed by atoms with E-state index in [4.69, 9.17) is 4.74 Å². The van der Waals surface area contributed by atoms with Gasteiger partial charge in [-0.15, -0.1) is 0 Å². The Morgan fingerprint density at radius 3 is 1.84 bits per heavy atom. The van der Waals surface area contributed by atoms with Gasteiger partial charge in [0.15, 0.2) is 0 Å². The Labute approximate surface area is 123 Å². The fourth-order valence-corrected chi connectivity index (χ4v) is 2.94. The molecule has 0 aromatic heterocycles. The number of methoxy groups -OCH3 is 1. The minimum absolute atomic E-state index is 0.236. The average molecular weight is 319 g/mol. The van der Waals surface area contributed by atoms with Crippen LogP contribution in [0.2, 0.25) is 0 Å². The monoisotopic (exact) mass is 318 g/mol. The summed E-state index contributed by atoms with van der Waals surface area (Å²) in [5.41, 5.74) is 4.17. The van der Waals surface area contributed by atoms with Crippen LogP contribution < -0.4 is 4.74 Å². The van der Waals surface area contributed by atoms with Crippen molar-refractivity contribution in [1.82, 2.24) is 0 Å². The maximum Gasteiger partial charge on any atom is 0.134 e. The maximum absolute atomic E-state index is 4.99. The molecule has 0 atom stereocenters. The second-order valence-corrected chi connectivity index (χ2v) is 6.47. The molecular weight excluding hydrogens is 300 g/mol. The van der Waals surface area contributed by atoms with E-state index in [1.807, 2.05) is 12.1 Å². The number of halogens is 1. The van der Waals surface area contributed by atoms with E-state index in [9.17, 15) is 0 Å². The minimum atomic E-state index is 0.236. The third-order valence-electron chi connectivity index (χ3n) is 3.13. The van der Waals surface area contributed by atoms with E-state index in [0.717, 1.165) is 5.75 Å². The normalized spacial score (nSPS) is 11.4. The fourth-order valence-electron chi connectivity index (χ4n) is 2.06. The van der Waals surface area contributed by atoms with Crippen LogP contribution in [0.3, 0.4) is 0 Å². The molecule has 2 aliphatic rings. The number of hydrogen-bond acceptors (Lipinski definition) is 1. The summed E-state index contributed by atoms with van der Waals surface area (Å²) < 4.78 is 6.19. The van der Waals surface area contributed by atoms with Gasteiger partial charge in [0.25, 0.3) is 0 Å². The van der Waals surface area contributed by atoms with Gasteiger partial charge in [-0.05, 0) is 17.0 Å². The van der Waals surface area contributed by atoms with E-state index in [1.165, 1.54) is 21.2 Å². The first-order valence-corrected chi connectivity index (χ1v) is 7.17. The molecule has 0 aliphatic heterocycles. The minimum Gasteiger partial charge on any atom is -0.495 e. The molecule has 2 heteroatoms. The predicted octanol–water partition coefficient (Wildman–Crippen LogP) is 5.42. The van der Waals surface area contributed by atoms with E-state index in [-0.39, 0.29) is 5.41 Å². The zero-order chi connectivity index (χ0) is 14.0. The number of hydrogen-bond donors (Lipinski definition) is 0. The average Bonchev–Trinajstić information content (AvgIpc) is 2.79. The molecule has 3 rings (SSSR count). The van der Waals surface area contributed by atoms with E-state index < -0.39 is 0 Å². The molecule has 19 heavy (non-hydrogen) atoms. The lowest BCUT2D eigenvalue weighted by molar-refractivity contribution is 0.430. The lowest BCUT2D eigenvalue weighted by Crippen LogP contribution is -2.11. The van der Waals surface area contributed by atoms with Crippen LogP contribution in [0.25, 0.3) is 11.1 Å². The highest BCUT2D eigenvalue weighted by Gasteiger charge is 2.23. The second-order valence-electron chi connectivity index (χ2n) is 5.62. The van der Waals surface area contributed by atoms with Gasteiger partial charge >= 0.3 is 0 Å². The number of benzene rings is 2. The molecule has 0 spiro atoms. The summed E-state index contributed by atoms with van der Waals surface area (Å²) in [6, 6.07) is 14.5. The Morgan fingerprint density at radius 2 is 1.47 bits per heavy atom. The fraction of sp³-hybridized carbons (Fsp3) is 0.294. The topological polar surface area (TPSA) is 9.23 Å². The highest BCUT2D eigenvalue weighted by atomic mass is 79.9. The highest BCUT2D eigenvalue weighted by Crippen LogP contribution is 2.50. The molecule has 1 aromatic carbocycles. The van der Waals surface area contributed by atoms with Crippen molar-refractivity contribution in [3.05, 3.63) is 52.5 Å². The van der Waals surface area contributed by atoms with Gasteiger partial charge in [-0.3, -0.25) is 0 Å². The maximum atomic E-state index is 4.99. The van der Waals surface area contributed by atoms with Crippen molar-refractivity contribution in [3.8, 4) is 16.9 Å². The summed E-state index contributed by atoms with van der Waals surface area (Å²) in [6.45, 7) is 6.65. The largest absolute Gasteiger partial charge is 0.495 e. The summed E-state index contributed by atoms with van der Waals surface area (Å²) >= 11 is 3.53. The first kappa shape index (κ1) is 14.1. The molecule has 100 valence electrons. The lowest BCUT2D eigenvalue weighted by Gasteiger charge is -2.20. The second kappa shape index (κ2) is 5.38. The van der Waals surface area contributed by atoms with Crippen LogP contribution in [0.4, 0.5) is 0 Å². The Kier molecular flexibility index (Phi) is 4.00. The summed E-state index contributed by atoms with van der Waals surface area (Å²) in [7, 11) is 1.70. The van der Waals surface area contributed by atoms with Crippen molar-refractivity contribution in [2.45, 2.75) is 26.2 Å². The zero-order valence-corrected chi connectivity index (χ0v) is 13.4. The summed E-state index contributed by atoms with van der Waals surface area (Å²) in [6.07, 6.45) is 0. The first-order valence-electron chi connectivity index (χ1n) is 6.37. The highest BCUT2D eigenvalue weighted by molar-refractivity contribution is 9.10. The van der Waals surface area contributed by atoms with Crippen LogP contribution in [-0.4, -0.2) is 7.11 Å². The summed E-state index contributed by atoms with van der Waals surface area (Å²) in [4.78, 5) is 0. The van der Waals surface area contributed by atoms with E-state index >= 15 is 0 Å². The van der Waals surface area contributed by atoms with E-state index in [0.29, 0.717) is 0 Å². The lowest BCUT2D eigenvalue weighted by atomic mass is 9.87. The number of para-hydroxylation sites is 1. The summed E-state index contributed by atoms with van der Waals surface area (Å²) in [5, 5.41) is 0. The van der Waals surface area contributed by atoms with Crippen molar-refractivity contribution in [2.75, 3.05) is 7.11 Å². The standard InChI is InChI=1S/C10H13Br.C7H6O/c1-10(2,3)8-6-4-5-7-9(8)11;1-8-7-5-3-2-4-6(5)7/h4-7H,1-3H3;2-4H,1H3. The molecule has 0 heterocycles. The molecule has 0 saturated heterocycles. The number of rotatable bonds is 1. The van der Waals surface area contributed by atoms with Gasteiger partial charge in [0.2, 0.25) is 0 Å². The third kappa shape index (κ3) is 3.19.